The fraction of sp³-hybridized carbons (Fsp3) is 0.261. The lowest BCUT2D eigenvalue weighted by Crippen LogP contribution is -2.33. The summed E-state index contributed by atoms with van der Waals surface area (Å²) in [5.41, 5.74) is 0.887. The number of halogens is 1. The summed E-state index contributed by atoms with van der Waals surface area (Å²) < 4.78 is 5.74. The Balaban J connectivity index is 1.38. The third kappa shape index (κ3) is 2.88. The highest BCUT2D eigenvalue weighted by atomic mass is 35.5. The van der Waals surface area contributed by atoms with Crippen molar-refractivity contribution in [2.24, 2.45) is 23.7 Å². The smallest absolute Gasteiger partial charge is 0.238 e. The van der Waals surface area contributed by atoms with Gasteiger partial charge in [-0.1, -0.05) is 35.9 Å². The number of para-hydroxylation sites is 2. The summed E-state index contributed by atoms with van der Waals surface area (Å²) in [6, 6.07) is 13.4. The van der Waals surface area contributed by atoms with Crippen molar-refractivity contribution in [1.29, 1.82) is 0 Å². The van der Waals surface area contributed by atoms with Gasteiger partial charge >= 0.3 is 0 Å². The number of carbonyl (C=O) groups excluding carboxylic acids is 3. The predicted octanol–water partition coefficient (Wildman–Crippen LogP) is 3.91. The minimum Gasteiger partial charge on any atom is -0.483 e. The van der Waals surface area contributed by atoms with E-state index in [1.54, 1.807) is 48.5 Å². The van der Waals surface area contributed by atoms with Gasteiger partial charge in [0.2, 0.25) is 11.8 Å². The maximum atomic E-state index is 13.1. The molecule has 2 bridgehead atoms. The highest BCUT2D eigenvalue weighted by molar-refractivity contribution is 6.30. The third-order valence-electron chi connectivity index (χ3n) is 6.10. The molecule has 0 spiro atoms. The quantitative estimate of drug-likeness (QED) is 0.428. The van der Waals surface area contributed by atoms with E-state index in [0.717, 1.165) is 6.42 Å². The van der Waals surface area contributed by atoms with Gasteiger partial charge in [-0.2, -0.15) is 0 Å². The summed E-state index contributed by atoms with van der Waals surface area (Å²) in [4.78, 5) is 39.8. The summed E-state index contributed by atoms with van der Waals surface area (Å²) in [7, 11) is 0. The van der Waals surface area contributed by atoms with Crippen LogP contribution in [-0.4, -0.2) is 24.2 Å². The number of nitrogens with zero attached hydrogens (tertiary/aromatic N) is 1. The Morgan fingerprint density at radius 2 is 1.59 bits per heavy atom. The maximum absolute atomic E-state index is 13.1. The molecule has 2 fully saturated rings. The van der Waals surface area contributed by atoms with E-state index in [4.69, 9.17) is 16.3 Å². The molecule has 1 saturated carbocycles. The lowest BCUT2D eigenvalue weighted by Gasteiger charge is -2.20. The second kappa shape index (κ2) is 6.85. The lowest BCUT2D eigenvalue weighted by molar-refractivity contribution is -0.123. The molecule has 1 aliphatic heterocycles. The number of fused-ring (bicyclic) bond motifs is 5. The van der Waals surface area contributed by atoms with Crippen molar-refractivity contribution in [3.05, 3.63) is 71.3 Å². The lowest BCUT2D eigenvalue weighted by atomic mass is 9.85. The number of rotatable bonds is 5. The van der Waals surface area contributed by atoms with Crippen LogP contribution in [-0.2, 0) is 9.59 Å². The Morgan fingerprint density at radius 1 is 0.966 bits per heavy atom. The number of hydrogen-bond donors (Lipinski definition) is 0. The molecular formula is C23H18ClNO4. The van der Waals surface area contributed by atoms with Crippen LogP contribution >= 0.6 is 11.6 Å². The largest absolute Gasteiger partial charge is 0.483 e. The van der Waals surface area contributed by atoms with Gasteiger partial charge in [0, 0.05) is 10.6 Å². The van der Waals surface area contributed by atoms with Crippen molar-refractivity contribution >= 4 is 34.9 Å². The van der Waals surface area contributed by atoms with E-state index in [0.29, 0.717) is 22.0 Å². The van der Waals surface area contributed by atoms with Crippen molar-refractivity contribution in [2.75, 3.05) is 11.5 Å². The Morgan fingerprint density at radius 3 is 2.24 bits per heavy atom. The van der Waals surface area contributed by atoms with Crippen molar-refractivity contribution in [1.82, 2.24) is 0 Å². The first-order valence-corrected chi connectivity index (χ1v) is 9.99. The van der Waals surface area contributed by atoms with Crippen LogP contribution in [0.1, 0.15) is 16.8 Å². The molecule has 4 atom stereocenters. The van der Waals surface area contributed by atoms with E-state index in [9.17, 15) is 14.4 Å². The van der Waals surface area contributed by atoms with Gasteiger partial charge in [0.1, 0.15) is 5.75 Å². The van der Waals surface area contributed by atoms with Gasteiger partial charge in [-0.15, -0.1) is 0 Å². The van der Waals surface area contributed by atoms with Gasteiger partial charge in [0.05, 0.1) is 17.5 Å². The molecule has 146 valence electrons. The second-order valence-electron chi connectivity index (χ2n) is 7.70. The molecule has 2 aromatic carbocycles. The molecule has 0 aromatic heterocycles. The van der Waals surface area contributed by atoms with Gasteiger partial charge in [0.25, 0.3) is 0 Å². The first-order valence-electron chi connectivity index (χ1n) is 9.61. The van der Waals surface area contributed by atoms with Gasteiger partial charge in [-0.05, 0) is 54.7 Å². The number of benzene rings is 2. The van der Waals surface area contributed by atoms with E-state index in [1.165, 1.54) is 4.90 Å². The van der Waals surface area contributed by atoms with E-state index < -0.39 is 0 Å². The minimum absolute atomic E-state index is 0.144. The van der Waals surface area contributed by atoms with E-state index in [2.05, 4.69) is 12.2 Å². The maximum Gasteiger partial charge on any atom is 0.238 e. The van der Waals surface area contributed by atoms with Crippen LogP contribution in [0.5, 0.6) is 5.75 Å². The van der Waals surface area contributed by atoms with E-state index >= 15 is 0 Å². The van der Waals surface area contributed by atoms with Crippen LogP contribution in [0, 0.1) is 23.7 Å². The third-order valence-corrected chi connectivity index (χ3v) is 6.35. The van der Waals surface area contributed by atoms with Crippen LogP contribution < -0.4 is 9.64 Å². The number of Topliss-reactive ketones (excluding diaryl/α,β-unsaturated/α-hetero) is 1. The molecular weight excluding hydrogens is 390 g/mol. The van der Waals surface area contributed by atoms with Crippen molar-refractivity contribution in [2.45, 2.75) is 6.42 Å². The second-order valence-corrected chi connectivity index (χ2v) is 8.13. The first-order chi connectivity index (χ1) is 14.0. The first kappa shape index (κ1) is 18.1. The molecule has 0 N–H and O–H groups in total. The van der Waals surface area contributed by atoms with Crippen LogP contribution in [0.25, 0.3) is 0 Å². The molecule has 2 aromatic rings. The van der Waals surface area contributed by atoms with Crippen molar-refractivity contribution < 1.29 is 19.1 Å². The number of imide groups is 1. The Bertz CT molecular complexity index is 1020. The molecule has 6 heteroatoms. The van der Waals surface area contributed by atoms with E-state index in [-0.39, 0.29) is 47.9 Å². The molecule has 0 radical (unpaired) electrons. The summed E-state index contributed by atoms with van der Waals surface area (Å²) in [6.07, 6.45) is 5.01. The number of anilines is 1. The van der Waals surface area contributed by atoms with Crippen LogP contribution in [0.15, 0.2) is 60.7 Å². The molecule has 0 unspecified atom stereocenters. The average Bonchev–Trinajstić information content (AvgIpc) is 3.41. The van der Waals surface area contributed by atoms with Crippen LogP contribution in [0.3, 0.4) is 0 Å². The molecule has 1 saturated heterocycles. The van der Waals surface area contributed by atoms with Crippen molar-refractivity contribution in [3.63, 3.8) is 0 Å². The summed E-state index contributed by atoms with van der Waals surface area (Å²) in [5.74, 6) is -0.472. The van der Waals surface area contributed by atoms with Gasteiger partial charge in [0.15, 0.2) is 12.4 Å². The fourth-order valence-corrected chi connectivity index (χ4v) is 4.89. The number of allylic oxidation sites excluding steroid dienone is 2. The number of ether oxygens (including phenoxy) is 1. The molecule has 2 amide bonds. The van der Waals surface area contributed by atoms with E-state index in [1.807, 2.05) is 0 Å². The Hall–Kier alpha value is -2.92. The zero-order valence-corrected chi connectivity index (χ0v) is 16.2. The zero-order valence-electron chi connectivity index (χ0n) is 15.5. The molecule has 5 nitrogen and oxygen atoms in total. The zero-order chi connectivity index (χ0) is 20.1. The standard InChI is InChI=1S/C23H18ClNO4/c24-16-9-7-13(8-10-16)18(26)12-29-19-4-2-1-3-17(19)25-22(27)20-14-5-6-15(11-14)21(20)23(25)28/h1-10,14-15,20-21H,11-12H2/t14-,15-,20-,21-/m0/s1. The molecule has 1 heterocycles. The monoisotopic (exact) mass is 407 g/mol. The summed E-state index contributed by atoms with van der Waals surface area (Å²) in [5, 5.41) is 0.549. The Labute approximate surface area is 172 Å². The molecule has 29 heavy (non-hydrogen) atoms. The summed E-state index contributed by atoms with van der Waals surface area (Å²) in [6.45, 7) is -0.200. The highest BCUT2D eigenvalue weighted by Crippen LogP contribution is 2.53. The van der Waals surface area contributed by atoms with Gasteiger partial charge in [-0.25, -0.2) is 4.90 Å². The topological polar surface area (TPSA) is 63.7 Å². The average molecular weight is 408 g/mol. The number of ketones is 1. The summed E-state index contributed by atoms with van der Waals surface area (Å²) >= 11 is 5.86. The molecule has 5 rings (SSSR count). The Kier molecular flexibility index (Phi) is 4.28. The SMILES string of the molecule is O=C(COc1ccccc1N1C(=O)[C@@H]2[C@@H](C1=O)[C@H]1C=C[C@H]2C1)c1ccc(Cl)cc1. The van der Waals surface area contributed by atoms with Crippen LogP contribution in [0.4, 0.5) is 5.69 Å². The fourth-order valence-electron chi connectivity index (χ4n) is 4.77. The number of carbonyl (C=O) groups is 3. The predicted molar refractivity (Wildman–Crippen MR) is 108 cm³/mol. The molecule has 3 aliphatic rings. The minimum atomic E-state index is -0.277. The normalized spacial score (nSPS) is 26.9. The van der Waals surface area contributed by atoms with Gasteiger partial charge in [-0.3, -0.25) is 14.4 Å². The highest BCUT2D eigenvalue weighted by Gasteiger charge is 2.59. The van der Waals surface area contributed by atoms with Crippen molar-refractivity contribution in [3.8, 4) is 5.75 Å². The molecule has 2 aliphatic carbocycles. The van der Waals surface area contributed by atoms with Crippen LogP contribution in [0.2, 0.25) is 5.02 Å². The van der Waals surface area contributed by atoms with Gasteiger partial charge < -0.3 is 4.74 Å². The number of hydrogen-bond acceptors (Lipinski definition) is 4. The number of amides is 2.